The fraction of sp³-hybridized carbons (Fsp3) is 0.320. The molecule has 2 amide bonds. The van der Waals surface area contributed by atoms with Crippen LogP contribution in [0.15, 0.2) is 61.2 Å². The minimum absolute atomic E-state index is 0.0864. The van der Waals surface area contributed by atoms with Gasteiger partial charge in [-0.1, -0.05) is 54.6 Å². The highest BCUT2D eigenvalue weighted by molar-refractivity contribution is 5.89. The standard InChI is InChI=1S/C25H26N2O5/c1-2-7-22(24(30)27(14-23(28)29)16-12-13-16)26-25(31)32-15-21-19-10-5-3-8-17(19)18-9-4-6-11-20(18)21/h2-6,8-11,16,21-22H,1,7,12-15H2,(H,26,31)(H,28,29). The molecule has 32 heavy (non-hydrogen) atoms. The van der Waals surface area contributed by atoms with E-state index in [1.165, 1.54) is 11.0 Å². The summed E-state index contributed by atoms with van der Waals surface area (Å²) < 4.78 is 5.53. The lowest BCUT2D eigenvalue weighted by Crippen LogP contribution is -2.50. The van der Waals surface area contributed by atoms with Crippen LogP contribution in [0.4, 0.5) is 4.79 Å². The predicted molar refractivity (Wildman–Crippen MR) is 119 cm³/mol. The molecule has 1 atom stereocenters. The van der Waals surface area contributed by atoms with Gasteiger partial charge in [0.2, 0.25) is 5.91 Å². The molecule has 2 aromatic rings. The van der Waals surface area contributed by atoms with Gasteiger partial charge in [0.25, 0.3) is 0 Å². The van der Waals surface area contributed by atoms with Crippen LogP contribution in [0.1, 0.15) is 36.3 Å². The number of rotatable bonds is 9. The summed E-state index contributed by atoms with van der Waals surface area (Å²) in [5, 5.41) is 11.8. The number of aliphatic carboxylic acids is 1. The van der Waals surface area contributed by atoms with E-state index in [1.54, 1.807) is 0 Å². The summed E-state index contributed by atoms with van der Waals surface area (Å²) in [5.74, 6) is -1.59. The van der Waals surface area contributed by atoms with Crippen molar-refractivity contribution in [3.8, 4) is 11.1 Å². The molecule has 0 spiro atoms. The summed E-state index contributed by atoms with van der Waals surface area (Å²) in [4.78, 5) is 38.0. The van der Waals surface area contributed by atoms with Crippen LogP contribution in [0.3, 0.4) is 0 Å². The Morgan fingerprint density at radius 1 is 1.09 bits per heavy atom. The van der Waals surface area contributed by atoms with Gasteiger partial charge in [-0.25, -0.2) is 4.79 Å². The first-order valence-corrected chi connectivity index (χ1v) is 10.7. The Hall–Kier alpha value is -3.61. The van der Waals surface area contributed by atoms with E-state index >= 15 is 0 Å². The van der Waals surface area contributed by atoms with E-state index in [1.807, 2.05) is 36.4 Å². The molecule has 7 heteroatoms. The fourth-order valence-electron chi connectivity index (χ4n) is 4.29. The molecule has 0 aromatic heterocycles. The fourth-order valence-corrected chi connectivity index (χ4v) is 4.29. The van der Waals surface area contributed by atoms with E-state index in [9.17, 15) is 14.4 Å². The van der Waals surface area contributed by atoms with Crippen molar-refractivity contribution in [2.75, 3.05) is 13.2 Å². The number of ether oxygens (including phenoxy) is 1. The lowest BCUT2D eigenvalue weighted by Gasteiger charge is -2.26. The SMILES string of the molecule is C=CCC(NC(=O)OCC1c2ccccc2-c2ccccc21)C(=O)N(CC(=O)O)C1CC1. The number of hydrogen-bond donors (Lipinski definition) is 2. The monoisotopic (exact) mass is 434 g/mol. The Bertz CT molecular complexity index is 1000. The number of nitrogens with zero attached hydrogens (tertiary/aromatic N) is 1. The van der Waals surface area contributed by atoms with E-state index in [-0.39, 0.29) is 31.5 Å². The number of amides is 2. The number of carboxylic acid groups (broad SMARTS) is 1. The van der Waals surface area contributed by atoms with Crippen molar-refractivity contribution in [2.24, 2.45) is 0 Å². The molecule has 7 nitrogen and oxygen atoms in total. The Balaban J connectivity index is 1.43. The maximum absolute atomic E-state index is 12.9. The highest BCUT2D eigenvalue weighted by atomic mass is 16.5. The molecule has 2 aliphatic rings. The molecule has 0 heterocycles. The molecular weight excluding hydrogens is 408 g/mol. The number of fused-ring (bicyclic) bond motifs is 3. The summed E-state index contributed by atoms with van der Waals surface area (Å²) in [6.45, 7) is 3.40. The molecule has 0 radical (unpaired) electrons. The van der Waals surface area contributed by atoms with Crippen molar-refractivity contribution in [3.05, 3.63) is 72.3 Å². The molecule has 0 bridgehead atoms. The minimum Gasteiger partial charge on any atom is -0.480 e. The van der Waals surface area contributed by atoms with Gasteiger partial charge >= 0.3 is 12.1 Å². The highest BCUT2D eigenvalue weighted by Gasteiger charge is 2.37. The number of nitrogens with one attached hydrogen (secondary N) is 1. The van der Waals surface area contributed by atoms with Crippen LogP contribution in [-0.4, -0.2) is 53.2 Å². The first kappa shape index (κ1) is 21.6. The van der Waals surface area contributed by atoms with Crippen molar-refractivity contribution in [1.82, 2.24) is 10.2 Å². The Labute approximate surface area is 186 Å². The first-order chi connectivity index (χ1) is 15.5. The van der Waals surface area contributed by atoms with Crippen LogP contribution >= 0.6 is 0 Å². The van der Waals surface area contributed by atoms with Gasteiger partial charge in [-0.05, 0) is 41.5 Å². The first-order valence-electron chi connectivity index (χ1n) is 10.7. The summed E-state index contributed by atoms with van der Waals surface area (Å²) >= 11 is 0. The minimum atomic E-state index is -1.08. The van der Waals surface area contributed by atoms with Gasteiger partial charge in [0.1, 0.15) is 19.2 Å². The molecule has 2 N–H and O–H groups in total. The predicted octanol–water partition coefficient (Wildman–Crippen LogP) is 3.55. The summed E-state index contributed by atoms with van der Waals surface area (Å²) in [6, 6.07) is 15.1. The van der Waals surface area contributed by atoms with Crippen LogP contribution in [-0.2, 0) is 14.3 Å². The van der Waals surface area contributed by atoms with Gasteiger partial charge in [-0.3, -0.25) is 9.59 Å². The third-order valence-corrected chi connectivity index (χ3v) is 5.91. The summed E-state index contributed by atoms with van der Waals surface area (Å²) in [5.41, 5.74) is 4.46. The number of carbonyl (C=O) groups excluding carboxylic acids is 2. The summed E-state index contributed by atoms with van der Waals surface area (Å²) in [7, 11) is 0. The number of carbonyl (C=O) groups is 3. The van der Waals surface area contributed by atoms with Crippen LogP contribution in [0, 0.1) is 0 Å². The second-order valence-corrected chi connectivity index (χ2v) is 8.14. The van der Waals surface area contributed by atoms with Crippen LogP contribution in [0.25, 0.3) is 11.1 Å². The summed E-state index contributed by atoms with van der Waals surface area (Å²) in [6.07, 6.45) is 2.54. The van der Waals surface area contributed by atoms with Crippen molar-refractivity contribution in [2.45, 2.75) is 37.3 Å². The number of alkyl carbamates (subject to hydrolysis) is 1. The number of benzene rings is 2. The highest BCUT2D eigenvalue weighted by Crippen LogP contribution is 2.44. The van der Waals surface area contributed by atoms with E-state index in [2.05, 4.69) is 24.0 Å². The maximum atomic E-state index is 12.9. The smallest absolute Gasteiger partial charge is 0.407 e. The lowest BCUT2D eigenvalue weighted by atomic mass is 9.98. The van der Waals surface area contributed by atoms with Crippen LogP contribution < -0.4 is 5.32 Å². The maximum Gasteiger partial charge on any atom is 0.407 e. The number of hydrogen-bond acceptors (Lipinski definition) is 4. The molecule has 166 valence electrons. The van der Waals surface area contributed by atoms with E-state index < -0.39 is 24.0 Å². The Morgan fingerprint density at radius 3 is 2.22 bits per heavy atom. The van der Waals surface area contributed by atoms with Crippen molar-refractivity contribution >= 4 is 18.0 Å². The van der Waals surface area contributed by atoms with Gasteiger partial charge in [0.05, 0.1) is 0 Å². The quantitative estimate of drug-likeness (QED) is 0.589. The zero-order valence-electron chi connectivity index (χ0n) is 17.7. The third kappa shape index (κ3) is 4.51. The average Bonchev–Trinajstić information content (AvgIpc) is 3.58. The van der Waals surface area contributed by atoms with Gasteiger partial charge in [-0.15, -0.1) is 6.58 Å². The molecule has 1 fully saturated rings. The Morgan fingerprint density at radius 2 is 1.69 bits per heavy atom. The largest absolute Gasteiger partial charge is 0.480 e. The third-order valence-electron chi connectivity index (χ3n) is 5.91. The van der Waals surface area contributed by atoms with Gasteiger partial charge in [0, 0.05) is 12.0 Å². The zero-order chi connectivity index (χ0) is 22.7. The molecule has 4 rings (SSSR count). The lowest BCUT2D eigenvalue weighted by molar-refractivity contribution is -0.145. The Kier molecular flexibility index (Phi) is 6.25. The topological polar surface area (TPSA) is 95.9 Å². The van der Waals surface area contributed by atoms with Crippen molar-refractivity contribution < 1.29 is 24.2 Å². The molecular formula is C25H26N2O5. The van der Waals surface area contributed by atoms with Gasteiger partial charge < -0.3 is 20.1 Å². The van der Waals surface area contributed by atoms with Gasteiger partial charge in [-0.2, -0.15) is 0 Å². The molecule has 0 aliphatic heterocycles. The van der Waals surface area contributed by atoms with E-state index in [0.29, 0.717) is 0 Å². The van der Waals surface area contributed by atoms with Crippen LogP contribution in [0.2, 0.25) is 0 Å². The molecule has 2 aliphatic carbocycles. The van der Waals surface area contributed by atoms with E-state index in [4.69, 9.17) is 9.84 Å². The molecule has 2 aromatic carbocycles. The molecule has 1 saturated carbocycles. The second-order valence-electron chi connectivity index (χ2n) is 8.14. The molecule has 1 unspecified atom stereocenters. The molecule has 0 saturated heterocycles. The van der Waals surface area contributed by atoms with E-state index in [0.717, 1.165) is 35.1 Å². The normalized spacial score (nSPS) is 15.2. The average molecular weight is 434 g/mol. The number of carboxylic acids is 1. The zero-order valence-corrected chi connectivity index (χ0v) is 17.7. The van der Waals surface area contributed by atoms with Crippen molar-refractivity contribution in [3.63, 3.8) is 0 Å². The van der Waals surface area contributed by atoms with Crippen LogP contribution in [0.5, 0.6) is 0 Å². The second kappa shape index (κ2) is 9.26. The van der Waals surface area contributed by atoms with Gasteiger partial charge in [0.15, 0.2) is 0 Å². The van der Waals surface area contributed by atoms with Crippen molar-refractivity contribution in [1.29, 1.82) is 0 Å².